The first kappa shape index (κ1) is 20.1. The third-order valence-electron chi connectivity index (χ3n) is 5.53. The lowest BCUT2D eigenvalue weighted by Crippen LogP contribution is -2.39. The summed E-state index contributed by atoms with van der Waals surface area (Å²) >= 11 is 0. The van der Waals surface area contributed by atoms with Crippen molar-refractivity contribution in [1.29, 1.82) is 0 Å². The molecule has 0 bridgehead atoms. The van der Waals surface area contributed by atoms with Crippen molar-refractivity contribution in [3.8, 4) is 5.88 Å². The number of nitrogens with two attached hydrogens (primary N) is 1. The molecule has 2 aromatic heterocycles. The van der Waals surface area contributed by atoms with Crippen LogP contribution in [0.4, 0.5) is 10.6 Å². The van der Waals surface area contributed by atoms with E-state index in [2.05, 4.69) is 15.2 Å². The standard InChI is InChI=1S/C20H25N5O5/c21-18(26)12-9-15-16(22-11-12)10-17(25-5-7-29-8-6-25)24-19(15)30-14-3-1-13(2-4-14)23-20(27)28/h9-11,13-14,23H,1-8H2,(H2,21,26)(H,27,28). The first-order chi connectivity index (χ1) is 14.5. The lowest BCUT2D eigenvalue weighted by Gasteiger charge is -2.30. The fraction of sp³-hybridized carbons (Fsp3) is 0.500. The van der Waals surface area contributed by atoms with Crippen LogP contribution >= 0.6 is 0 Å². The molecular formula is C20H25N5O5. The fourth-order valence-corrected chi connectivity index (χ4v) is 3.92. The highest BCUT2D eigenvalue weighted by Crippen LogP contribution is 2.31. The molecule has 2 fully saturated rings. The number of hydrogen-bond acceptors (Lipinski definition) is 7. The summed E-state index contributed by atoms with van der Waals surface area (Å²) in [5, 5.41) is 12.1. The molecule has 1 aliphatic heterocycles. The van der Waals surface area contributed by atoms with Crippen LogP contribution in [-0.2, 0) is 4.74 Å². The zero-order valence-electron chi connectivity index (χ0n) is 16.5. The van der Waals surface area contributed by atoms with Crippen LogP contribution < -0.4 is 20.7 Å². The number of morpholine rings is 1. The van der Waals surface area contributed by atoms with Crippen LogP contribution in [0.1, 0.15) is 36.0 Å². The third-order valence-corrected chi connectivity index (χ3v) is 5.53. The van der Waals surface area contributed by atoms with Gasteiger partial charge >= 0.3 is 6.09 Å². The van der Waals surface area contributed by atoms with Gasteiger partial charge in [0.1, 0.15) is 11.9 Å². The van der Waals surface area contributed by atoms with Crippen LogP contribution in [0.3, 0.4) is 0 Å². The second-order valence-electron chi connectivity index (χ2n) is 7.58. The molecule has 0 atom stereocenters. The number of carboxylic acid groups (broad SMARTS) is 1. The van der Waals surface area contributed by atoms with Crippen LogP contribution in [0.2, 0.25) is 0 Å². The van der Waals surface area contributed by atoms with E-state index in [0.29, 0.717) is 61.2 Å². The smallest absolute Gasteiger partial charge is 0.404 e. The van der Waals surface area contributed by atoms with Gasteiger partial charge < -0.3 is 30.5 Å². The molecule has 0 radical (unpaired) electrons. The average Bonchev–Trinajstić information content (AvgIpc) is 2.75. The number of nitrogens with zero attached hydrogens (tertiary/aromatic N) is 3. The van der Waals surface area contributed by atoms with Crippen molar-refractivity contribution < 1.29 is 24.2 Å². The Hall–Kier alpha value is -3.14. The summed E-state index contributed by atoms with van der Waals surface area (Å²) in [7, 11) is 0. The van der Waals surface area contributed by atoms with Gasteiger partial charge in [-0.3, -0.25) is 9.78 Å². The number of amides is 2. The summed E-state index contributed by atoms with van der Waals surface area (Å²) in [6, 6.07) is 3.48. The van der Waals surface area contributed by atoms with Gasteiger partial charge in [0.25, 0.3) is 0 Å². The minimum atomic E-state index is -1.00. The highest BCUT2D eigenvalue weighted by molar-refractivity contribution is 5.97. The summed E-state index contributed by atoms with van der Waals surface area (Å²) in [4.78, 5) is 33.7. The van der Waals surface area contributed by atoms with E-state index >= 15 is 0 Å². The van der Waals surface area contributed by atoms with E-state index in [-0.39, 0.29) is 12.1 Å². The molecule has 1 aliphatic carbocycles. The minimum Gasteiger partial charge on any atom is -0.474 e. The van der Waals surface area contributed by atoms with Gasteiger partial charge in [0.05, 0.1) is 29.7 Å². The maximum Gasteiger partial charge on any atom is 0.404 e. The number of aromatic nitrogens is 2. The Balaban J connectivity index is 1.61. The number of carbonyl (C=O) groups excluding carboxylic acids is 1. The SMILES string of the molecule is NC(=O)c1cnc2cc(N3CCOCC3)nc(OC3CCC(NC(=O)O)CC3)c2c1. The van der Waals surface area contributed by atoms with Gasteiger partial charge in [-0.1, -0.05) is 0 Å². The third kappa shape index (κ3) is 4.54. The van der Waals surface area contributed by atoms with Crippen LogP contribution in [0.25, 0.3) is 10.9 Å². The zero-order valence-corrected chi connectivity index (χ0v) is 16.5. The molecule has 160 valence electrons. The van der Waals surface area contributed by atoms with Crippen LogP contribution in [0, 0.1) is 0 Å². The Morgan fingerprint density at radius 1 is 1.20 bits per heavy atom. The maximum absolute atomic E-state index is 11.6. The molecule has 1 saturated heterocycles. The Kier molecular flexibility index (Phi) is 5.84. The normalized spacial score (nSPS) is 21.9. The molecule has 1 saturated carbocycles. The van der Waals surface area contributed by atoms with Gasteiger partial charge in [-0.25, -0.2) is 4.79 Å². The van der Waals surface area contributed by atoms with E-state index in [0.717, 1.165) is 18.9 Å². The summed E-state index contributed by atoms with van der Waals surface area (Å²) in [6.07, 6.45) is 3.17. The Bertz CT molecular complexity index is 939. The van der Waals surface area contributed by atoms with Crippen molar-refractivity contribution in [2.24, 2.45) is 5.73 Å². The number of hydrogen-bond donors (Lipinski definition) is 3. The molecule has 10 nitrogen and oxygen atoms in total. The molecule has 0 spiro atoms. The van der Waals surface area contributed by atoms with E-state index in [9.17, 15) is 9.59 Å². The summed E-state index contributed by atoms with van der Waals surface area (Å²) < 4.78 is 11.7. The lowest BCUT2D eigenvalue weighted by atomic mass is 9.93. The predicted molar refractivity (Wildman–Crippen MR) is 109 cm³/mol. The average molecular weight is 415 g/mol. The quantitative estimate of drug-likeness (QED) is 0.668. The van der Waals surface area contributed by atoms with Crippen LogP contribution in [-0.4, -0.2) is 65.5 Å². The van der Waals surface area contributed by atoms with Crippen molar-refractivity contribution in [2.75, 3.05) is 31.2 Å². The molecule has 30 heavy (non-hydrogen) atoms. The molecule has 4 N–H and O–H groups in total. The molecule has 2 amide bonds. The molecule has 2 aliphatic rings. The van der Waals surface area contributed by atoms with E-state index in [1.807, 2.05) is 6.07 Å². The maximum atomic E-state index is 11.6. The van der Waals surface area contributed by atoms with E-state index < -0.39 is 12.0 Å². The molecule has 3 heterocycles. The molecule has 10 heteroatoms. The summed E-state index contributed by atoms with van der Waals surface area (Å²) in [5.74, 6) is 0.605. The summed E-state index contributed by atoms with van der Waals surface area (Å²) in [5.41, 5.74) is 6.39. The number of rotatable bonds is 5. The fourth-order valence-electron chi connectivity index (χ4n) is 3.92. The van der Waals surface area contributed by atoms with Crippen molar-refractivity contribution >= 4 is 28.7 Å². The highest BCUT2D eigenvalue weighted by atomic mass is 16.5. The Morgan fingerprint density at radius 3 is 2.60 bits per heavy atom. The number of ether oxygens (including phenoxy) is 2. The second kappa shape index (κ2) is 8.70. The van der Waals surface area contributed by atoms with Gasteiger partial charge in [0, 0.05) is 31.4 Å². The highest BCUT2D eigenvalue weighted by Gasteiger charge is 2.25. The van der Waals surface area contributed by atoms with Gasteiger partial charge in [-0.15, -0.1) is 0 Å². The number of primary amides is 1. The first-order valence-electron chi connectivity index (χ1n) is 10.1. The largest absolute Gasteiger partial charge is 0.474 e. The zero-order chi connectivity index (χ0) is 21.1. The molecule has 0 aromatic carbocycles. The number of anilines is 1. The predicted octanol–water partition coefficient (Wildman–Crippen LogP) is 1.52. The Morgan fingerprint density at radius 2 is 1.93 bits per heavy atom. The van der Waals surface area contributed by atoms with Crippen molar-refractivity contribution in [1.82, 2.24) is 15.3 Å². The van der Waals surface area contributed by atoms with Gasteiger partial charge in [0.15, 0.2) is 0 Å². The van der Waals surface area contributed by atoms with E-state index in [1.165, 1.54) is 6.20 Å². The van der Waals surface area contributed by atoms with E-state index in [4.69, 9.17) is 25.3 Å². The molecular weight excluding hydrogens is 390 g/mol. The molecule has 0 unspecified atom stereocenters. The minimum absolute atomic E-state index is 0.0603. The number of pyridine rings is 2. The monoisotopic (exact) mass is 415 g/mol. The lowest BCUT2D eigenvalue weighted by molar-refractivity contribution is 0.1000. The molecule has 4 rings (SSSR count). The molecule has 2 aromatic rings. The van der Waals surface area contributed by atoms with Gasteiger partial charge in [-0.05, 0) is 31.7 Å². The van der Waals surface area contributed by atoms with Gasteiger partial charge in [-0.2, -0.15) is 4.98 Å². The van der Waals surface area contributed by atoms with Crippen molar-refractivity contribution in [2.45, 2.75) is 37.8 Å². The number of fused-ring (bicyclic) bond motifs is 1. The van der Waals surface area contributed by atoms with Gasteiger partial charge in [0.2, 0.25) is 11.8 Å². The van der Waals surface area contributed by atoms with E-state index in [1.54, 1.807) is 6.07 Å². The first-order valence-corrected chi connectivity index (χ1v) is 10.1. The topological polar surface area (TPSA) is 140 Å². The summed E-state index contributed by atoms with van der Waals surface area (Å²) in [6.45, 7) is 2.71. The van der Waals surface area contributed by atoms with Crippen LogP contribution in [0.5, 0.6) is 5.88 Å². The second-order valence-corrected chi connectivity index (χ2v) is 7.58. The van der Waals surface area contributed by atoms with Crippen molar-refractivity contribution in [3.63, 3.8) is 0 Å². The van der Waals surface area contributed by atoms with Crippen molar-refractivity contribution in [3.05, 3.63) is 23.9 Å². The number of nitrogens with one attached hydrogen (secondary N) is 1. The number of carbonyl (C=O) groups is 2. The Labute approximate surface area is 173 Å². The van der Waals surface area contributed by atoms with Crippen LogP contribution in [0.15, 0.2) is 18.3 Å².